The Morgan fingerprint density at radius 1 is 1.09 bits per heavy atom. The number of aryl methyl sites for hydroxylation is 1. The summed E-state index contributed by atoms with van der Waals surface area (Å²) in [6, 6.07) is 8.24. The van der Waals surface area contributed by atoms with Gasteiger partial charge in [0.1, 0.15) is 11.9 Å². The number of nitrogens with zero attached hydrogens (tertiary/aromatic N) is 3. The van der Waals surface area contributed by atoms with Crippen molar-refractivity contribution in [1.82, 2.24) is 9.97 Å². The molecule has 0 bridgehead atoms. The van der Waals surface area contributed by atoms with E-state index in [0.717, 1.165) is 37.5 Å². The smallest absolute Gasteiger partial charge is 0.257 e. The van der Waals surface area contributed by atoms with Gasteiger partial charge in [-0.1, -0.05) is 17.7 Å². The minimum Gasteiger partial charge on any atom is -0.490 e. The lowest BCUT2D eigenvalue weighted by atomic mass is 10.1. The first-order valence-corrected chi connectivity index (χ1v) is 8.18. The highest BCUT2D eigenvalue weighted by molar-refractivity contribution is 5.48. The van der Waals surface area contributed by atoms with E-state index in [2.05, 4.69) is 33.9 Å². The Kier molecular flexibility index (Phi) is 4.95. The Morgan fingerprint density at radius 2 is 1.78 bits per heavy atom. The maximum Gasteiger partial charge on any atom is 0.257 e. The van der Waals surface area contributed by atoms with E-state index in [-0.39, 0.29) is 6.10 Å². The quantitative estimate of drug-likeness (QED) is 0.848. The third-order valence-electron chi connectivity index (χ3n) is 3.99. The lowest BCUT2D eigenvalue weighted by Gasteiger charge is -2.33. The van der Waals surface area contributed by atoms with E-state index in [0.29, 0.717) is 12.5 Å². The molecule has 1 aliphatic heterocycles. The highest BCUT2D eigenvalue weighted by Gasteiger charge is 2.24. The summed E-state index contributed by atoms with van der Waals surface area (Å²) >= 11 is 0. The Labute approximate surface area is 137 Å². The van der Waals surface area contributed by atoms with Gasteiger partial charge in [0.15, 0.2) is 5.82 Å². The molecular weight excluding hydrogens is 290 g/mol. The fraction of sp³-hybridized carbons (Fsp3) is 0.444. The molecule has 1 aromatic carbocycles. The number of ether oxygens (including phenoxy) is 2. The first-order valence-electron chi connectivity index (χ1n) is 8.18. The van der Waals surface area contributed by atoms with Crippen molar-refractivity contribution in [3.05, 3.63) is 42.2 Å². The summed E-state index contributed by atoms with van der Waals surface area (Å²) < 4.78 is 11.7. The van der Waals surface area contributed by atoms with Gasteiger partial charge in [-0.05, 0) is 26.0 Å². The number of benzene rings is 1. The third-order valence-corrected chi connectivity index (χ3v) is 3.99. The lowest BCUT2D eigenvalue weighted by molar-refractivity contribution is 0.170. The minimum absolute atomic E-state index is 0.251. The van der Waals surface area contributed by atoms with Crippen LogP contribution in [0.5, 0.6) is 11.6 Å². The van der Waals surface area contributed by atoms with Gasteiger partial charge < -0.3 is 14.4 Å². The molecule has 1 saturated heterocycles. The normalized spacial score (nSPS) is 15.5. The van der Waals surface area contributed by atoms with Crippen LogP contribution in [0.2, 0.25) is 0 Å². The van der Waals surface area contributed by atoms with Crippen molar-refractivity contribution in [3.8, 4) is 11.6 Å². The van der Waals surface area contributed by atoms with Crippen LogP contribution in [0.1, 0.15) is 25.3 Å². The summed E-state index contributed by atoms with van der Waals surface area (Å²) in [5.41, 5.74) is 1.25. The molecule has 0 radical (unpaired) electrons. The second kappa shape index (κ2) is 7.31. The predicted octanol–water partition coefficient (Wildman–Crippen LogP) is 3.23. The molecule has 5 nitrogen and oxygen atoms in total. The molecule has 2 aromatic rings. The molecule has 0 atom stereocenters. The molecule has 1 aliphatic rings. The van der Waals surface area contributed by atoms with Crippen LogP contribution in [0.4, 0.5) is 5.82 Å². The van der Waals surface area contributed by atoms with Crippen LogP contribution >= 0.6 is 0 Å². The molecule has 122 valence electrons. The van der Waals surface area contributed by atoms with Crippen molar-refractivity contribution in [2.75, 3.05) is 24.6 Å². The van der Waals surface area contributed by atoms with Crippen LogP contribution in [-0.2, 0) is 0 Å². The highest BCUT2D eigenvalue weighted by Crippen LogP contribution is 2.27. The van der Waals surface area contributed by atoms with Gasteiger partial charge >= 0.3 is 0 Å². The first kappa shape index (κ1) is 15.6. The average molecular weight is 313 g/mol. The van der Waals surface area contributed by atoms with Gasteiger partial charge in [-0.2, -0.15) is 0 Å². The summed E-state index contributed by atoms with van der Waals surface area (Å²) in [6.07, 6.45) is 5.57. The van der Waals surface area contributed by atoms with Gasteiger partial charge in [0.2, 0.25) is 0 Å². The Morgan fingerprint density at radius 3 is 2.48 bits per heavy atom. The first-order chi connectivity index (χ1) is 11.3. The summed E-state index contributed by atoms with van der Waals surface area (Å²) in [6.45, 7) is 6.43. The molecule has 1 aromatic heterocycles. The molecule has 0 N–H and O–H groups in total. The van der Waals surface area contributed by atoms with Gasteiger partial charge in [-0.25, -0.2) is 9.97 Å². The number of anilines is 1. The highest BCUT2D eigenvalue weighted by atomic mass is 16.5. The molecule has 0 saturated carbocycles. The zero-order valence-electron chi connectivity index (χ0n) is 13.7. The van der Waals surface area contributed by atoms with E-state index in [4.69, 9.17) is 9.47 Å². The Balaban J connectivity index is 1.59. The summed E-state index contributed by atoms with van der Waals surface area (Å²) in [5.74, 6) is 2.40. The van der Waals surface area contributed by atoms with E-state index in [9.17, 15) is 0 Å². The van der Waals surface area contributed by atoms with Crippen molar-refractivity contribution in [2.45, 2.75) is 32.8 Å². The minimum atomic E-state index is 0.251. The molecule has 3 rings (SSSR count). The van der Waals surface area contributed by atoms with Crippen LogP contribution < -0.4 is 14.4 Å². The average Bonchev–Trinajstić information content (AvgIpc) is 2.59. The summed E-state index contributed by atoms with van der Waals surface area (Å²) in [5, 5.41) is 0. The largest absolute Gasteiger partial charge is 0.490 e. The SMILES string of the molecule is CCOc1nccnc1N1CCC(Oc2ccc(C)cc2)CC1. The number of piperidine rings is 1. The zero-order valence-corrected chi connectivity index (χ0v) is 13.7. The van der Waals surface area contributed by atoms with Gasteiger partial charge in [0, 0.05) is 38.3 Å². The van der Waals surface area contributed by atoms with E-state index >= 15 is 0 Å². The van der Waals surface area contributed by atoms with Crippen LogP contribution in [0.25, 0.3) is 0 Å². The number of hydrogen-bond acceptors (Lipinski definition) is 5. The summed E-state index contributed by atoms with van der Waals surface area (Å²) in [4.78, 5) is 10.9. The topological polar surface area (TPSA) is 47.5 Å². The van der Waals surface area contributed by atoms with Crippen molar-refractivity contribution < 1.29 is 9.47 Å². The van der Waals surface area contributed by atoms with E-state index in [1.807, 2.05) is 19.1 Å². The van der Waals surface area contributed by atoms with Gasteiger partial charge in [-0.3, -0.25) is 0 Å². The fourth-order valence-electron chi connectivity index (χ4n) is 2.77. The van der Waals surface area contributed by atoms with Crippen LogP contribution in [0.15, 0.2) is 36.7 Å². The standard InChI is InChI=1S/C18H23N3O2/c1-3-22-18-17(19-10-11-20-18)21-12-8-16(9-13-21)23-15-6-4-14(2)5-7-15/h4-7,10-11,16H,3,8-9,12-13H2,1-2H3. The fourth-order valence-corrected chi connectivity index (χ4v) is 2.77. The molecule has 0 unspecified atom stereocenters. The Hall–Kier alpha value is -2.30. The number of aromatic nitrogens is 2. The molecule has 1 fully saturated rings. The monoisotopic (exact) mass is 313 g/mol. The van der Waals surface area contributed by atoms with E-state index in [1.54, 1.807) is 12.4 Å². The van der Waals surface area contributed by atoms with Crippen LogP contribution in [0.3, 0.4) is 0 Å². The Bertz CT molecular complexity index is 622. The maximum absolute atomic E-state index is 6.08. The van der Waals surface area contributed by atoms with Crippen LogP contribution in [-0.4, -0.2) is 35.8 Å². The molecule has 23 heavy (non-hydrogen) atoms. The molecule has 2 heterocycles. The van der Waals surface area contributed by atoms with E-state index in [1.165, 1.54) is 5.56 Å². The van der Waals surface area contributed by atoms with Gasteiger partial charge in [0.25, 0.3) is 5.88 Å². The second-order valence-corrected chi connectivity index (χ2v) is 5.74. The van der Waals surface area contributed by atoms with Crippen molar-refractivity contribution >= 4 is 5.82 Å². The van der Waals surface area contributed by atoms with Crippen LogP contribution in [0, 0.1) is 6.92 Å². The van der Waals surface area contributed by atoms with Crippen molar-refractivity contribution in [3.63, 3.8) is 0 Å². The molecule has 0 amide bonds. The number of rotatable bonds is 5. The number of hydrogen-bond donors (Lipinski definition) is 0. The van der Waals surface area contributed by atoms with Crippen molar-refractivity contribution in [2.24, 2.45) is 0 Å². The second-order valence-electron chi connectivity index (χ2n) is 5.74. The third kappa shape index (κ3) is 3.92. The van der Waals surface area contributed by atoms with Gasteiger partial charge in [0.05, 0.1) is 6.61 Å². The molecular formula is C18H23N3O2. The van der Waals surface area contributed by atoms with Crippen molar-refractivity contribution in [1.29, 1.82) is 0 Å². The molecule has 5 heteroatoms. The van der Waals surface area contributed by atoms with Gasteiger partial charge in [-0.15, -0.1) is 0 Å². The maximum atomic E-state index is 6.08. The van der Waals surface area contributed by atoms with E-state index < -0.39 is 0 Å². The molecule has 0 aliphatic carbocycles. The lowest BCUT2D eigenvalue weighted by Crippen LogP contribution is -2.39. The predicted molar refractivity (Wildman–Crippen MR) is 90.2 cm³/mol. The zero-order chi connectivity index (χ0) is 16.1. The summed E-state index contributed by atoms with van der Waals surface area (Å²) in [7, 11) is 0. The molecule has 0 spiro atoms.